The molecule has 1 amide bonds. The molecule has 3 heterocycles. The largest absolute Gasteiger partial charge is 0.361 e. The topological polar surface area (TPSA) is 72.5 Å². The number of rotatable bonds is 4. The smallest absolute Gasteiger partial charge is 0.220 e. The van der Waals surface area contributed by atoms with Gasteiger partial charge in [0.1, 0.15) is 5.82 Å². The number of H-pyrrole nitrogens is 1. The van der Waals surface area contributed by atoms with Crippen molar-refractivity contribution in [2.45, 2.75) is 32.6 Å². The molecule has 0 bridgehead atoms. The Kier molecular flexibility index (Phi) is 7.02. The number of aromatic amines is 1. The Morgan fingerprint density at radius 1 is 1.41 bits per heavy atom. The zero-order valence-electron chi connectivity index (χ0n) is 16.8. The van der Waals surface area contributed by atoms with Gasteiger partial charge in [0.15, 0.2) is 5.96 Å². The molecule has 2 saturated heterocycles. The highest BCUT2D eigenvalue weighted by molar-refractivity contribution is 14.0. The first-order valence-corrected chi connectivity index (χ1v) is 10.1. The minimum Gasteiger partial charge on any atom is -0.361 e. The first-order valence-electron chi connectivity index (χ1n) is 10.1. The summed E-state index contributed by atoms with van der Waals surface area (Å²) in [5.74, 6) is 0.860. The standard InChI is InChI=1S/C21H28FN5O.HI/c1-2-23-20(27-9-3-7-21(14-27)11-19(28)26-13-21)24-8-6-15-12-25-18-10-16(22)4-5-17(15)18;/h4-5,10,12,25H,2-3,6-9,11,13-14H2,1H3,(H,23,24)(H,26,28);1H. The summed E-state index contributed by atoms with van der Waals surface area (Å²) >= 11 is 0. The van der Waals surface area contributed by atoms with Crippen LogP contribution >= 0.6 is 24.0 Å². The average molecular weight is 513 g/mol. The number of hydrogen-bond donors (Lipinski definition) is 3. The second kappa shape index (κ2) is 9.32. The molecule has 1 unspecified atom stereocenters. The molecule has 1 atom stereocenters. The lowest BCUT2D eigenvalue weighted by molar-refractivity contribution is -0.119. The third-order valence-corrected chi connectivity index (χ3v) is 5.86. The van der Waals surface area contributed by atoms with Crippen LogP contribution in [0.25, 0.3) is 10.9 Å². The van der Waals surface area contributed by atoms with E-state index in [0.29, 0.717) is 13.0 Å². The molecular formula is C21H29FIN5O. The van der Waals surface area contributed by atoms with Gasteiger partial charge >= 0.3 is 0 Å². The molecule has 29 heavy (non-hydrogen) atoms. The maximum Gasteiger partial charge on any atom is 0.220 e. The maximum atomic E-state index is 13.4. The van der Waals surface area contributed by atoms with Crippen LogP contribution in [0.4, 0.5) is 4.39 Å². The van der Waals surface area contributed by atoms with E-state index in [4.69, 9.17) is 4.99 Å². The van der Waals surface area contributed by atoms with Gasteiger partial charge in [-0.05, 0) is 49.9 Å². The van der Waals surface area contributed by atoms with Crippen LogP contribution in [0, 0.1) is 11.2 Å². The number of halogens is 2. The summed E-state index contributed by atoms with van der Waals surface area (Å²) in [4.78, 5) is 22.0. The van der Waals surface area contributed by atoms with E-state index in [-0.39, 0.29) is 41.1 Å². The first kappa shape index (κ1) is 21.9. The summed E-state index contributed by atoms with van der Waals surface area (Å²) in [5, 5.41) is 7.46. The number of hydrogen-bond acceptors (Lipinski definition) is 2. The number of guanidine groups is 1. The van der Waals surface area contributed by atoms with Gasteiger partial charge in [-0.25, -0.2) is 4.39 Å². The molecule has 8 heteroatoms. The van der Waals surface area contributed by atoms with Crippen LogP contribution in [0.15, 0.2) is 29.4 Å². The first-order chi connectivity index (χ1) is 13.6. The van der Waals surface area contributed by atoms with Gasteiger partial charge in [0.2, 0.25) is 5.91 Å². The number of aromatic nitrogens is 1. The molecule has 4 rings (SSSR count). The monoisotopic (exact) mass is 513 g/mol. The van der Waals surface area contributed by atoms with E-state index in [0.717, 1.165) is 67.9 Å². The van der Waals surface area contributed by atoms with Crippen LogP contribution in [-0.2, 0) is 11.2 Å². The third kappa shape index (κ3) is 4.84. The highest BCUT2D eigenvalue weighted by atomic mass is 127. The van der Waals surface area contributed by atoms with Crippen molar-refractivity contribution >= 4 is 46.7 Å². The highest BCUT2D eigenvalue weighted by Crippen LogP contribution is 2.36. The Balaban J connectivity index is 0.00000240. The van der Waals surface area contributed by atoms with Crippen molar-refractivity contribution in [2.24, 2.45) is 10.4 Å². The fraction of sp³-hybridized carbons (Fsp3) is 0.524. The summed E-state index contributed by atoms with van der Waals surface area (Å²) in [6.07, 6.45) is 5.52. The van der Waals surface area contributed by atoms with Crippen LogP contribution in [0.2, 0.25) is 0 Å². The average Bonchev–Trinajstić information content (AvgIpc) is 3.24. The van der Waals surface area contributed by atoms with Gasteiger partial charge < -0.3 is 20.5 Å². The number of nitrogens with one attached hydrogen (secondary N) is 3. The van der Waals surface area contributed by atoms with Crippen molar-refractivity contribution < 1.29 is 9.18 Å². The lowest BCUT2D eigenvalue weighted by atomic mass is 9.79. The maximum absolute atomic E-state index is 13.4. The van der Waals surface area contributed by atoms with Gasteiger partial charge in [0.05, 0.1) is 0 Å². The van der Waals surface area contributed by atoms with E-state index in [9.17, 15) is 9.18 Å². The number of amides is 1. The molecule has 2 aromatic rings. The molecule has 1 aromatic carbocycles. The van der Waals surface area contributed by atoms with Crippen molar-refractivity contribution in [3.8, 4) is 0 Å². The summed E-state index contributed by atoms with van der Waals surface area (Å²) in [7, 11) is 0. The Morgan fingerprint density at radius 2 is 2.28 bits per heavy atom. The minimum atomic E-state index is -0.229. The molecule has 0 saturated carbocycles. The summed E-state index contributed by atoms with van der Waals surface area (Å²) in [5.41, 5.74) is 2.02. The lowest BCUT2D eigenvalue weighted by Gasteiger charge is -2.40. The van der Waals surface area contributed by atoms with Gasteiger partial charge in [0.25, 0.3) is 0 Å². The summed E-state index contributed by atoms with van der Waals surface area (Å²) in [6.45, 7) is 6.15. The van der Waals surface area contributed by atoms with E-state index in [1.807, 2.05) is 12.3 Å². The normalized spacial score (nSPS) is 22.1. The second-order valence-corrected chi connectivity index (χ2v) is 7.97. The van der Waals surface area contributed by atoms with E-state index in [1.54, 1.807) is 0 Å². The zero-order chi connectivity index (χ0) is 19.6. The number of likely N-dealkylation sites (tertiary alicyclic amines) is 1. The van der Waals surface area contributed by atoms with Crippen molar-refractivity contribution in [3.05, 3.63) is 35.8 Å². The fourth-order valence-electron chi connectivity index (χ4n) is 4.50. The molecule has 6 nitrogen and oxygen atoms in total. The van der Waals surface area contributed by atoms with Crippen molar-refractivity contribution in [3.63, 3.8) is 0 Å². The van der Waals surface area contributed by atoms with E-state index >= 15 is 0 Å². The quantitative estimate of drug-likeness (QED) is 0.335. The van der Waals surface area contributed by atoms with E-state index in [2.05, 4.69) is 27.4 Å². The number of fused-ring (bicyclic) bond motifs is 1. The minimum absolute atomic E-state index is 0. The number of carbonyl (C=O) groups excluding carboxylic acids is 1. The van der Waals surface area contributed by atoms with Gasteiger partial charge in [-0.15, -0.1) is 24.0 Å². The van der Waals surface area contributed by atoms with Crippen molar-refractivity contribution in [1.29, 1.82) is 0 Å². The molecule has 3 N–H and O–H groups in total. The molecular weight excluding hydrogens is 484 g/mol. The summed E-state index contributed by atoms with van der Waals surface area (Å²) in [6, 6.07) is 4.84. The zero-order valence-corrected chi connectivity index (χ0v) is 19.1. The molecule has 1 aromatic heterocycles. The lowest BCUT2D eigenvalue weighted by Crippen LogP contribution is -2.51. The van der Waals surface area contributed by atoms with Gasteiger partial charge in [-0.3, -0.25) is 9.79 Å². The second-order valence-electron chi connectivity index (χ2n) is 7.97. The van der Waals surface area contributed by atoms with E-state index < -0.39 is 0 Å². The number of piperidine rings is 1. The Bertz CT molecular complexity index is 898. The van der Waals surface area contributed by atoms with Gasteiger partial charge in [0, 0.05) is 61.7 Å². The van der Waals surface area contributed by atoms with Gasteiger partial charge in [-0.1, -0.05) is 0 Å². The highest BCUT2D eigenvalue weighted by Gasteiger charge is 2.42. The summed E-state index contributed by atoms with van der Waals surface area (Å²) < 4.78 is 13.4. The van der Waals surface area contributed by atoms with Crippen molar-refractivity contribution in [1.82, 2.24) is 20.5 Å². The van der Waals surface area contributed by atoms with Crippen LogP contribution in [-0.4, -0.2) is 54.5 Å². The van der Waals surface area contributed by atoms with E-state index in [1.165, 1.54) is 12.1 Å². The van der Waals surface area contributed by atoms with Crippen LogP contribution in [0.5, 0.6) is 0 Å². The molecule has 158 valence electrons. The number of benzene rings is 1. The number of aliphatic imine (C=N–C) groups is 1. The molecule has 0 radical (unpaired) electrons. The van der Waals surface area contributed by atoms with Crippen LogP contribution in [0.3, 0.4) is 0 Å². The third-order valence-electron chi connectivity index (χ3n) is 5.86. The molecule has 2 aliphatic heterocycles. The van der Waals surface area contributed by atoms with Crippen LogP contribution in [0.1, 0.15) is 31.7 Å². The fourth-order valence-corrected chi connectivity index (χ4v) is 4.50. The number of nitrogens with zero attached hydrogens (tertiary/aromatic N) is 2. The number of carbonyl (C=O) groups is 1. The predicted octanol–water partition coefficient (Wildman–Crippen LogP) is 3.04. The molecule has 0 aliphatic carbocycles. The Hall–Kier alpha value is -1.84. The van der Waals surface area contributed by atoms with Crippen LogP contribution < -0.4 is 10.6 Å². The molecule has 2 fully saturated rings. The molecule has 2 aliphatic rings. The Morgan fingerprint density at radius 3 is 3.03 bits per heavy atom. The Labute approximate surface area is 187 Å². The SMILES string of the molecule is CCNC(=NCCc1c[nH]c2cc(F)ccc12)N1CCCC2(CNC(=O)C2)C1.I. The van der Waals surface area contributed by atoms with Crippen molar-refractivity contribution in [2.75, 3.05) is 32.7 Å². The predicted molar refractivity (Wildman–Crippen MR) is 124 cm³/mol. The van der Waals surface area contributed by atoms with Gasteiger partial charge in [-0.2, -0.15) is 0 Å². The molecule has 1 spiro atoms.